The van der Waals surface area contributed by atoms with Gasteiger partial charge in [0.05, 0.1) is 17.9 Å². The van der Waals surface area contributed by atoms with Crippen LogP contribution < -0.4 is 10.2 Å². The largest absolute Gasteiger partial charge is 0.444 e. The van der Waals surface area contributed by atoms with E-state index in [4.69, 9.17) is 9.72 Å². The van der Waals surface area contributed by atoms with Crippen LogP contribution in [0.2, 0.25) is 0 Å². The molecule has 2 aromatic rings. The number of carbonyl (C=O) groups is 1. The number of aromatic nitrogens is 3. The summed E-state index contributed by atoms with van der Waals surface area (Å²) in [5.41, 5.74) is 1.64. The zero-order valence-corrected chi connectivity index (χ0v) is 18.3. The summed E-state index contributed by atoms with van der Waals surface area (Å²) in [4.78, 5) is 18.8. The Bertz CT molecular complexity index is 862. The van der Waals surface area contributed by atoms with Crippen molar-refractivity contribution < 1.29 is 9.53 Å². The third-order valence-corrected chi connectivity index (χ3v) is 5.85. The SMILES string of the molecule is CC(C)(C)OC(=O)NCCCC1CC(n2cc(-c3cccc(N4CCC4)n3)cn2)C1. The van der Waals surface area contributed by atoms with E-state index in [9.17, 15) is 4.79 Å². The summed E-state index contributed by atoms with van der Waals surface area (Å²) in [5.74, 6) is 1.77. The number of amides is 1. The van der Waals surface area contributed by atoms with Crippen LogP contribution >= 0.6 is 0 Å². The highest BCUT2D eigenvalue weighted by Gasteiger charge is 2.30. The maximum absolute atomic E-state index is 11.7. The lowest BCUT2D eigenvalue weighted by Crippen LogP contribution is -2.37. The van der Waals surface area contributed by atoms with Crippen LogP contribution in [0.15, 0.2) is 30.6 Å². The van der Waals surface area contributed by atoms with Crippen molar-refractivity contribution in [2.45, 2.75) is 64.5 Å². The molecular formula is C23H33N5O2. The van der Waals surface area contributed by atoms with Crippen LogP contribution in [-0.2, 0) is 4.74 Å². The minimum Gasteiger partial charge on any atom is -0.444 e. The number of carbonyl (C=O) groups excluding carboxylic acids is 1. The Balaban J connectivity index is 1.20. The Morgan fingerprint density at radius 3 is 2.77 bits per heavy atom. The summed E-state index contributed by atoms with van der Waals surface area (Å²) >= 11 is 0. The van der Waals surface area contributed by atoms with Gasteiger partial charge < -0.3 is 15.0 Å². The van der Waals surface area contributed by atoms with Gasteiger partial charge in [0, 0.05) is 31.4 Å². The van der Waals surface area contributed by atoms with Crippen LogP contribution in [-0.4, -0.2) is 46.1 Å². The van der Waals surface area contributed by atoms with Crippen molar-refractivity contribution in [1.29, 1.82) is 0 Å². The fourth-order valence-corrected chi connectivity index (χ4v) is 4.02. The van der Waals surface area contributed by atoms with E-state index in [1.54, 1.807) is 0 Å². The number of ether oxygens (including phenoxy) is 1. The van der Waals surface area contributed by atoms with Gasteiger partial charge in [-0.25, -0.2) is 9.78 Å². The van der Waals surface area contributed by atoms with Crippen LogP contribution in [0.25, 0.3) is 11.3 Å². The number of anilines is 1. The van der Waals surface area contributed by atoms with E-state index in [1.807, 2.05) is 27.0 Å². The molecule has 0 aromatic carbocycles. The van der Waals surface area contributed by atoms with E-state index in [1.165, 1.54) is 6.42 Å². The van der Waals surface area contributed by atoms with Gasteiger partial charge in [-0.2, -0.15) is 5.10 Å². The minimum atomic E-state index is -0.445. The molecule has 1 saturated heterocycles. The minimum absolute atomic E-state index is 0.329. The molecule has 1 saturated carbocycles. The monoisotopic (exact) mass is 411 g/mol. The molecule has 0 bridgehead atoms. The number of nitrogens with one attached hydrogen (secondary N) is 1. The lowest BCUT2D eigenvalue weighted by atomic mass is 9.77. The highest BCUT2D eigenvalue weighted by Crippen LogP contribution is 2.40. The third kappa shape index (κ3) is 5.12. The van der Waals surface area contributed by atoms with Crippen molar-refractivity contribution in [3.63, 3.8) is 0 Å². The molecule has 7 nitrogen and oxygen atoms in total. The van der Waals surface area contributed by atoms with E-state index in [0.29, 0.717) is 18.5 Å². The molecule has 162 valence electrons. The summed E-state index contributed by atoms with van der Waals surface area (Å²) in [5, 5.41) is 7.44. The standard InChI is InChI=1S/C23H33N5O2/c1-23(2,3)30-22(29)24-10-5-7-17-13-19(14-17)28-16-18(15-25-28)20-8-4-9-21(26-20)27-11-6-12-27/h4,8-9,15-17,19H,5-7,10-14H2,1-3H3,(H,24,29). The van der Waals surface area contributed by atoms with Crippen molar-refractivity contribution >= 4 is 11.9 Å². The molecule has 1 amide bonds. The Hall–Kier alpha value is -2.57. The summed E-state index contributed by atoms with van der Waals surface area (Å²) in [7, 11) is 0. The van der Waals surface area contributed by atoms with E-state index in [-0.39, 0.29) is 6.09 Å². The number of alkyl carbamates (subject to hydrolysis) is 1. The average molecular weight is 412 g/mol. The number of nitrogens with zero attached hydrogens (tertiary/aromatic N) is 4. The number of pyridine rings is 1. The second-order valence-electron chi connectivity index (χ2n) is 9.49. The predicted octanol–water partition coefficient (Wildman–Crippen LogP) is 4.41. The molecule has 2 fully saturated rings. The molecule has 0 atom stereocenters. The van der Waals surface area contributed by atoms with Crippen LogP contribution in [0.4, 0.5) is 10.6 Å². The fraction of sp³-hybridized carbons (Fsp3) is 0.609. The second kappa shape index (κ2) is 8.66. The van der Waals surface area contributed by atoms with Crippen LogP contribution in [0, 0.1) is 5.92 Å². The molecule has 0 unspecified atom stereocenters. The fourth-order valence-electron chi connectivity index (χ4n) is 4.02. The van der Waals surface area contributed by atoms with Gasteiger partial charge in [0.2, 0.25) is 0 Å². The third-order valence-electron chi connectivity index (χ3n) is 5.85. The van der Waals surface area contributed by atoms with Crippen molar-refractivity contribution in [2.75, 3.05) is 24.5 Å². The lowest BCUT2D eigenvalue weighted by molar-refractivity contribution is 0.0524. The molecule has 2 aliphatic rings. The zero-order valence-electron chi connectivity index (χ0n) is 18.3. The van der Waals surface area contributed by atoms with E-state index in [0.717, 1.165) is 55.8 Å². The van der Waals surface area contributed by atoms with Gasteiger partial charge in [0.1, 0.15) is 11.4 Å². The summed E-state index contributed by atoms with van der Waals surface area (Å²) in [6, 6.07) is 6.70. The smallest absolute Gasteiger partial charge is 0.407 e. The average Bonchev–Trinajstić information content (AvgIpc) is 3.06. The molecule has 3 heterocycles. The van der Waals surface area contributed by atoms with E-state index in [2.05, 4.69) is 44.4 Å². The Labute approximate surface area is 178 Å². The van der Waals surface area contributed by atoms with E-state index < -0.39 is 5.60 Å². The molecule has 30 heavy (non-hydrogen) atoms. The first-order chi connectivity index (χ1) is 14.4. The van der Waals surface area contributed by atoms with Gasteiger partial charge >= 0.3 is 6.09 Å². The maximum atomic E-state index is 11.7. The van der Waals surface area contributed by atoms with Gasteiger partial charge in [-0.15, -0.1) is 0 Å². The first kappa shape index (κ1) is 20.7. The van der Waals surface area contributed by atoms with Gasteiger partial charge in [-0.3, -0.25) is 4.68 Å². The molecule has 0 spiro atoms. The number of hydrogen-bond acceptors (Lipinski definition) is 5. The molecule has 7 heteroatoms. The predicted molar refractivity (Wildman–Crippen MR) is 118 cm³/mol. The van der Waals surface area contributed by atoms with Crippen molar-refractivity contribution in [1.82, 2.24) is 20.1 Å². The van der Waals surface area contributed by atoms with Gasteiger partial charge in [-0.05, 0) is 70.9 Å². The van der Waals surface area contributed by atoms with Crippen molar-refractivity contribution in [3.8, 4) is 11.3 Å². The lowest BCUT2D eigenvalue weighted by Gasteiger charge is -2.35. The second-order valence-corrected chi connectivity index (χ2v) is 9.49. The molecule has 1 N–H and O–H groups in total. The molecule has 1 aliphatic heterocycles. The first-order valence-electron chi connectivity index (χ1n) is 11.1. The molecule has 2 aromatic heterocycles. The maximum Gasteiger partial charge on any atom is 0.407 e. The number of hydrogen-bond donors (Lipinski definition) is 1. The Morgan fingerprint density at radius 2 is 2.07 bits per heavy atom. The van der Waals surface area contributed by atoms with Crippen LogP contribution in [0.5, 0.6) is 0 Å². The molecule has 1 aliphatic carbocycles. The van der Waals surface area contributed by atoms with E-state index >= 15 is 0 Å². The molecule has 4 rings (SSSR count). The Kier molecular flexibility index (Phi) is 5.97. The van der Waals surface area contributed by atoms with Crippen LogP contribution in [0.3, 0.4) is 0 Å². The highest BCUT2D eigenvalue weighted by molar-refractivity contribution is 5.67. The highest BCUT2D eigenvalue weighted by atomic mass is 16.6. The summed E-state index contributed by atoms with van der Waals surface area (Å²) in [6.07, 6.45) is 9.39. The molecular weight excluding hydrogens is 378 g/mol. The topological polar surface area (TPSA) is 72.3 Å². The van der Waals surface area contributed by atoms with Crippen LogP contribution in [0.1, 0.15) is 58.9 Å². The normalized spacial score (nSPS) is 21.0. The van der Waals surface area contributed by atoms with Crippen molar-refractivity contribution in [2.24, 2.45) is 5.92 Å². The Morgan fingerprint density at radius 1 is 1.27 bits per heavy atom. The summed E-state index contributed by atoms with van der Waals surface area (Å²) < 4.78 is 7.36. The number of rotatable bonds is 7. The summed E-state index contributed by atoms with van der Waals surface area (Å²) in [6.45, 7) is 8.50. The van der Waals surface area contributed by atoms with Gasteiger partial charge in [0.25, 0.3) is 0 Å². The first-order valence-corrected chi connectivity index (χ1v) is 11.1. The van der Waals surface area contributed by atoms with Gasteiger partial charge in [0.15, 0.2) is 0 Å². The zero-order chi connectivity index (χ0) is 21.1. The van der Waals surface area contributed by atoms with Gasteiger partial charge in [-0.1, -0.05) is 6.07 Å². The quantitative estimate of drug-likeness (QED) is 0.683. The molecule has 0 radical (unpaired) electrons. The van der Waals surface area contributed by atoms with Crippen molar-refractivity contribution in [3.05, 3.63) is 30.6 Å².